The number of likely N-dealkylation sites (tertiary alicyclic amines) is 1. The molecule has 2 saturated heterocycles. The quantitative estimate of drug-likeness (QED) is 0.679. The van der Waals surface area contributed by atoms with E-state index in [1.165, 1.54) is 5.56 Å². The third-order valence-electron chi connectivity index (χ3n) is 6.24. The molecule has 0 saturated carbocycles. The maximum absolute atomic E-state index is 12.9. The van der Waals surface area contributed by atoms with Crippen LogP contribution in [0.2, 0.25) is 0 Å². The summed E-state index contributed by atoms with van der Waals surface area (Å²) in [4.78, 5) is 27.5. The lowest BCUT2D eigenvalue weighted by Crippen LogP contribution is -2.50. The van der Waals surface area contributed by atoms with Crippen molar-refractivity contribution < 1.29 is 14.3 Å². The largest absolute Gasteiger partial charge is 0.376 e. The number of amides is 1. The summed E-state index contributed by atoms with van der Waals surface area (Å²) in [7, 11) is 0. The molecular weight excluding hydrogens is 364 g/mol. The molecule has 1 N–H and O–H groups in total. The number of benzene rings is 1. The van der Waals surface area contributed by atoms with Crippen LogP contribution in [-0.4, -0.2) is 55.0 Å². The lowest BCUT2D eigenvalue weighted by molar-refractivity contribution is -0.126. The van der Waals surface area contributed by atoms with Gasteiger partial charge in [-0.15, -0.1) is 0 Å². The molecule has 0 spiro atoms. The predicted octanol–water partition coefficient (Wildman–Crippen LogP) is 3.46. The number of nitrogens with one attached hydrogen (secondary N) is 1. The fourth-order valence-electron chi connectivity index (χ4n) is 4.39. The van der Waals surface area contributed by atoms with Gasteiger partial charge < -0.3 is 10.1 Å². The predicted molar refractivity (Wildman–Crippen MR) is 115 cm³/mol. The third kappa shape index (κ3) is 6.13. The highest BCUT2D eigenvalue weighted by Crippen LogP contribution is 2.24. The fourth-order valence-corrected chi connectivity index (χ4v) is 4.39. The van der Waals surface area contributed by atoms with Crippen LogP contribution in [0.4, 0.5) is 0 Å². The van der Waals surface area contributed by atoms with E-state index in [2.05, 4.69) is 36.2 Å². The van der Waals surface area contributed by atoms with Gasteiger partial charge in [0.15, 0.2) is 5.78 Å². The Morgan fingerprint density at radius 3 is 2.38 bits per heavy atom. The molecule has 2 fully saturated rings. The Kier molecular flexibility index (Phi) is 7.84. The van der Waals surface area contributed by atoms with Crippen LogP contribution in [0.1, 0.15) is 62.4 Å². The van der Waals surface area contributed by atoms with Crippen LogP contribution in [0.25, 0.3) is 0 Å². The number of carbonyl (C=O) groups is 2. The van der Waals surface area contributed by atoms with Gasteiger partial charge in [-0.25, -0.2) is 0 Å². The molecular formula is C24H36N2O3. The minimum Gasteiger partial charge on any atom is -0.376 e. The lowest BCUT2D eigenvalue weighted by atomic mass is 9.88. The molecule has 0 aromatic heterocycles. The van der Waals surface area contributed by atoms with Crippen LogP contribution in [0.15, 0.2) is 24.3 Å². The Bertz CT molecular complexity index is 672. The zero-order valence-electron chi connectivity index (χ0n) is 18.2. The van der Waals surface area contributed by atoms with E-state index in [1.54, 1.807) is 0 Å². The molecule has 5 nitrogen and oxygen atoms in total. The van der Waals surface area contributed by atoms with E-state index in [0.717, 1.165) is 57.4 Å². The summed E-state index contributed by atoms with van der Waals surface area (Å²) < 4.78 is 5.57. The number of hydrogen-bond acceptors (Lipinski definition) is 4. The van der Waals surface area contributed by atoms with Gasteiger partial charge in [-0.05, 0) is 63.6 Å². The van der Waals surface area contributed by atoms with Crippen molar-refractivity contribution in [3.63, 3.8) is 0 Å². The molecule has 3 rings (SSSR count). The Morgan fingerprint density at radius 2 is 1.79 bits per heavy atom. The number of rotatable bonds is 8. The third-order valence-corrected chi connectivity index (χ3v) is 6.24. The number of carbonyl (C=O) groups excluding carboxylic acids is 2. The summed E-state index contributed by atoms with van der Waals surface area (Å²) in [6, 6.07) is 7.97. The van der Waals surface area contributed by atoms with Crippen molar-refractivity contribution >= 4 is 11.7 Å². The Morgan fingerprint density at radius 1 is 1.10 bits per heavy atom. The molecule has 29 heavy (non-hydrogen) atoms. The van der Waals surface area contributed by atoms with E-state index in [-0.39, 0.29) is 29.8 Å². The number of piperidine rings is 1. The zero-order valence-corrected chi connectivity index (χ0v) is 18.2. The van der Waals surface area contributed by atoms with Crippen molar-refractivity contribution in [2.45, 2.75) is 65.0 Å². The van der Waals surface area contributed by atoms with Gasteiger partial charge in [-0.1, -0.05) is 38.1 Å². The molecule has 2 atom stereocenters. The van der Waals surface area contributed by atoms with Crippen molar-refractivity contribution in [3.05, 3.63) is 35.4 Å². The first kappa shape index (κ1) is 22.0. The molecule has 2 aliphatic heterocycles. The van der Waals surface area contributed by atoms with Crippen molar-refractivity contribution in [3.8, 4) is 0 Å². The van der Waals surface area contributed by atoms with Gasteiger partial charge in [-0.2, -0.15) is 0 Å². The van der Waals surface area contributed by atoms with Crippen molar-refractivity contribution in [2.24, 2.45) is 11.8 Å². The molecule has 0 radical (unpaired) electrons. The second kappa shape index (κ2) is 10.4. The molecule has 1 aromatic carbocycles. The number of ketones is 1. The van der Waals surface area contributed by atoms with Crippen LogP contribution in [-0.2, 0) is 16.0 Å². The van der Waals surface area contributed by atoms with Crippen LogP contribution in [0.5, 0.6) is 0 Å². The van der Waals surface area contributed by atoms with E-state index in [9.17, 15) is 9.59 Å². The van der Waals surface area contributed by atoms with Crippen LogP contribution >= 0.6 is 0 Å². The first-order chi connectivity index (χ1) is 13.9. The summed E-state index contributed by atoms with van der Waals surface area (Å²) in [5.74, 6) is 0.984. The first-order valence-electron chi connectivity index (χ1n) is 11.2. The molecule has 1 aromatic rings. The van der Waals surface area contributed by atoms with Gasteiger partial charge in [-0.3, -0.25) is 14.5 Å². The molecule has 5 heteroatoms. The molecule has 0 bridgehead atoms. The van der Waals surface area contributed by atoms with Crippen LogP contribution in [0, 0.1) is 11.8 Å². The minimum absolute atomic E-state index is 0.0596. The maximum Gasteiger partial charge on any atom is 0.237 e. The number of ether oxygens (including phenoxy) is 1. The van der Waals surface area contributed by atoms with E-state index in [4.69, 9.17) is 4.74 Å². The second-order valence-corrected chi connectivity index (χ2v) is 9.03. The van der Waals surface area contributed by atoms with Gasteiger partial charge in [0.05, 0.1) is 12.1 Å². The topological polar surface area (TPSA) is 58.6 Å². The summed E-state index contributed by atoms with van der Waals surface area (Å²) in [5.41, 5.74) is 2.10. The van der Waals surface area contributed by atoms with Gasteiger partial charge in [0.25, 0.3) is 0 Å². The van der Waals surface area contributed by atoms with Crippen molar-refractivity contribution in [1.82, 2.24) is 10.2 Å². The number of Topliss-reactive ketones (excluding diaryl/α,β-unsaturated/α-hetero) is 1. The maximum atomic E-state index is 12.9. The summed E-state index contributed by atoms with van der Waals surface area (Å²) >= 11 is 0. The normalized spacial score (nSPS) is 22.0. The average molecular weight is 401 g/mol. The monoisotopic (exact) mass is 400 g/mol. The molecule has 160 valence electrons. The fraction of sp³-hybridized carbons (Fsp3) is 0.667. The Hall–Kier alpha value is -1.72. The SMILES string of the molecule is CC(C)Cc1ccc(C(=O)C2CCN([C@H](C)C(=O)NC[C@@H]3CCCO3)CC2)cc1. The highest BCUT2D eigenvalue weighted by molar-refractivity contribution is 5.98. The minimum atomic E-state index is -0.164. The van der Waals surface area contributed by atoms with Gasteiger partial charge in [0.1, 0.15) is 0 Å². The van der Waals surface area contributed by atoms with E-state index in [1.807, 2.05) is 19.1 Å². The second-order valence-electron chi connectivity index (χ2n) is 9.03. The Labute approximate surface area is 175 Å². The van der Waals surface area contributed by atoms with Crippen molar-refractivity contribution in [2.75, 3.05) is 26.2 Å². The van der Waals surface area contributed by atoms with Gasteiger partial charge in [0.2, 0.25) is 5.91 Å². The van der Waals surface area contributed by atoms with Crippen LogP contribution in [0.3, 0.4) is 0 Å². The molecule has 0 unspecified atom stereocenters. The van der Waals surface area contributed by atoms with Crippen LogP contribution < -0.4 is 5.32 Å². The number of hydrogen-bond donors (Lipinski definition) is 1. The lowest BCUT2D eigenvalue weighted by Gasteiger charge is -2.35. The molecule has 2 heterocycles. The Balaban J connectivity index is 1.45. The highest BCUT2D eigenvalue weighted by atomic mass is 16.5. The van der Waals surface area contributed by atoms with E-state index >= 15 is 0 Å². The molecule has 2 aliphatic rings. The van der Waals surface area contributed by atoms with Crippen molar-refractivity contribution in [1.29, 1.82) is 0 Å². The smallest absolute Gasteiger partial charge is 0.237 e. The standard InChI is InChI=1S/C24H36N2O3/c1-17(2)15-19-6-8-20(9-7-19)23(27)21-10-12-26(13-11-21)18(3)24(28)25-16-22-5-4-14-29-22/h6-9,17-18,21-22H,4-5,10-16H2,1-3H3,(H,25,28)/t18-,22+/m1/s1. The molecule has 0 aliphatic carbocycles. The van der Waals surface area contributed by atoms with E-state index in [0.29, 0.717) is 12.5 Å². The highest BCUT2D eigenvalue weighted by Gasteiger charge is 2.30. The first-order valence-corrected chi connectivity index (χ1v) is 11.2. The average Bonchev–Trinajstić information content (AvgIpc) is 3.25. The number of nitrogens with zero attached hydrogens (tertiary/aromatic N) is 1. The molecule has 1 amide bonds. The summed E-state index contributed by atoms with van der Waals surface area (Å²) in [6.45, 7) is 9.35. The van der Waals surface area contributed by atoms with E-state index < -0.39 is 0 Å². The van der Waals surface area contributed by atoms with Gasteiger partial charge >= 0.3 is 0 Å². The summed E-state index contributed by atoms with van der Waals surface area (Å²) in [6.07, 6.45) is 4.95. The van der Waals surface area contributed by atoms with Gasteiger partial charge in [0, 0.05) is 24.6 Å². The summed E-state index contributed by atoms with van der Waals surface area (Å²) in [5, 5.41) is 3.03. The zero-order chi connectivity index (χ0) is 20.8.